The van der Waals surface area contributed by atoms with Crippen molar-refractivity contribution in [3.8, 4) is 0 Å². The maximum atomic E-state index is 11.7. The predicted molar refractivity (Wildman–Crippen MR) is 86.4 cm³/mol. The summed E-state index contributed by atoms with van der Waals surface area (Å²) in [6.07, 6.45) is 2.18. The van der Waals surface area contributed by atoms with Crippen LogP contribution in [0.3, 0.4) is 0 Å². The van der Waals surface area contributed by atoms with E-state index in [2.05, 4.69) is 28.9 Å². The summed E-state index contributed by atoms with van der Waals surface area (Å²) in [6.45, 7) is 5.21. The van der Waals surface area contributed by atoms with Gasteiger partial charge in [-0.2, -0.15) is 0 Å². The number of unbranched alkanes of at least 4 members (excludes halogenated alkanes) is 1. The van der Waals surface area contributed by atoms with E-state index in [0.29, 0.717) is 12.3 Å². The number of hydrogen-bond donors (Lipinski definition) is 0. The molecule has 1 aromatic heterocycles. The Labute approximate surface area is 129 Å². The number of para-hydroxylation sites is 1. The van der Waals surface area contributed by atoms with Crippen LogP contribution in [0.5, 0.6) is 0 Å². The van der Waals surface area contributed by atoms with Gasteiger partial charge in [0.05, 0.1) is 6.61 Å². The smallest absolute Gasteiger partial charge is 0.357 e. The summed E-state index contributed by atoms with van der Waals surface area (Å²) in [6, 6.07) is 10.1. The lowest BCUT2D eigenvalue weighted by Crippen LogP contribution is -2.18. The van der Waals surface area contributed by atoms with E-state index in [-0.39, 0.29) is 5.97 Å². The number of ether oxygens (including phenoxy) is 1. The van der Waals surface area contributed by atoms with Crippen molar-refractivity contribution in [3.05, 3.63) is 41.4 Å². The van der Waals surface area contributed by atoms with Crippen molar-refractivity contribution in [1.29, 1.82) is 0 Å². The van der Waals surface area contributed by atoms with Crippen molar-refractivity contribution in [2.24, 2.45) is 0 Å². The molecule has 0 aliphatic rings. The van der Waals surface area contributed by atoms with Crippen LogP contribution in [-0.4, -0.2) is 24.1 Å². The van der Waals surface area contributed by atoms with Crippen LogP contribution in [0.2, 0.25) is 0 Å². The van der Waals surface area contributed by atoms with Gasteiger partial charge in [0.2, 0.25) is 0 Å². The minimum absolute atomic E-state index is 0.358. The van der Waals surface area contributed by atoms with E-state index in [1.165, 1.54) is 11.3 Å². The fourth-order valence-electron chi connectivity index (χ4n) is 1.95. The van der Waals surface area contributed by atoms with Gasteiger partial charge in [0, 0.05) is 17.6 Å². The van der Waals surface area contributed by atoms with Crippen LogP contribution in [0.1, 0.15) is 37.2 Å². The van der Waals surface area contributed by atoms with Crippen LogP contribution < -0.4 is 4.90 Å². The Morgan fingerprint density at radius 2 is 2.05 bits per heavy atom. The van der Waals surface area contributed by atoms with Crippen LogP contribution in [-0.2, 0) is 4.74 Å². The molecule has 0 unspecified atom stereocenters. The second-order valence-electron chi connectivity index (χ2n) is 4.58. The van der Waals surface area contributed by atoms with Crippen LogP contribution in [0.15, 0.2) is 35.7 Å². The largest absolute Gasteiger partial charge is 0.461 e. The number of thiazole rings is 1. The molecule has 21 heavy (non-hydrogen) atoms. The summed E-state index contributed by atoms with van der Waals surface area (Å²) in [5.74, 6) is -0.358. The molecule has 0 aliphatic heterocycles. The van der Waals surface area contributed by atoms with Gasteiger partial charge in [0.15, 0.2) is 10.8 Å². The molecule has 0 saturated carbocycles. The number of carbonyl (C=O) groups is 1. The molecule has 1 aromatic carbocycles. The maximum absolute atomic E-state index is 11.7. The van der Waals surface area contributed by atoms with Gasteiger partial charge in [0.1, 0.15) is 0 Å². The molecule has 0 spiro atoms. The summed E-state index contributed by atoms with van der Waals surface area (Å²) >= 11 is 1.47. The fourth-order valence-corrected chi connectivity index (χ4v) is 2.79. The second-order valence-corrected chi connectivity index (χ2v) is 5.41. The number of nitrogens with zero attached hydrogens (tertiary/aromatic N) is 2. The van der Waals surface area contributed by atoms with Gasteiger partial charge < -0.3 is 9.64 Å². The predicted octanol–water partition coefficient (Wildman–Crippen LogP) is 4.26. The summed E-state index contributed by atoms with van der Waals surface area (Å²) in [5.41, 5.74) is 1.48. The molecule has 2 rings (SSSR count). The Balaban J connectivity index is 2.23. The fraction of sp³-hybridized carbons (Fsp3) is 0.375. The Kier molecular flexibility index (Phi) is 5.75. The number of carbonyl (C=O) groups excluding carboxylic acids is 1. The third kappa shape index (κ3) is 4.04. The van der Waals surface area contributed by atoms with Crippen molar-refractivity contribution in [3.63, 3.8) is 0 Å². The number of anilines is 2. The molecule has 0 atom stereocenters. The average molecular weight is 304 g/mol. The third-order valence-electron chi connectivity index (χ3n) is 3.01. The van der Waals surface area contributed by atoms with E-state index in [1.54, 1.807) is 12.3 Å². The van der Waals surface area contributed by atoms with Gasteiger partial charge in [0.25, 0.3) is 0 Å². The average Bonchev–Trinajstić information content (AvgIpc) is 2.99. The van der Waals surface area contributed by atoms with E-state index in [1.807, 2.05) is 18.2 Å². The molecule has 0 N–H and O–H groups in total. The molecular weight excluding hydrogens is 284 g/mol. The molecule has 2 aromatic rings. The molecule has 5 heteroatoms. The van der Waals surface area contributed by atoms with Crippen molar-refractivity contribution < 1.29 is 9.53 Å². The zero-order valence-electron chi connectivity index (χ0n) is 12.4. The summed E-state index contributed by atoms with van der Waals surface area (Å²) in [4.78, 5) is 18.3. The standard InChI is InChI=1S/C16H20N2O2S/c1-3-5-11-18(13-9-7-6-8-10-13)16-17-14(12-21-16)15(19)20-4-2/h6-10,12H,3-5,11H2,1-2H3. The molecule has 112 valence electrons. The molecule has 0 aliphatic carbocycles. The first-order valence-corrected chi connectivity index (χ1v) is 8.09. The van der Waals surface area contributed by atoms with E-state index >= 15 is 0 Å². The van der Waals surface area contributed by atoms with Crippen molar-refractivity contribution in [2.75, 3.05) is 18.1 Å². The summed E-state index contributed by atoms with van der Waals surface area (Å²) < 4.78 is 4.99. The van der Waals surface area contributed by atoms with Gasteiger partial charge in [-0.25, -0.2) is 9.78 Å². The first-order valence-electron chi connectivity index (χ1n) is 7.21. The number of benzene rings is 1. The number of rotatable bonds is 7. The maximum Gasteiger partial charge on any atom is 0.357 e. The molecule has 4 nitrogen and oxygen atoms in total. The Hall–Kier alpha value is -1.88. The van der Waals surface area contributed by atoms with Crippen LogP contribution in [0, 0.1) is 0 Å². The Morgan fingerprint density at radius 3 is 2.71 bits per heavy atom. The molecule has 0 radical (unpaired) electrons. The van der Waals surface area contributed by atoms with Crippen LogP contribution in [0.4, 0.5) is 10.8 Å². The van der Waals surface area contributed by atoms with E-state index < -0.39 is 0 Å². The Bertz CT molecular complexity index is 569. The van der Waals surface area contributed by atoms with Crippen LogP contribution in [0.25, 0.3) is 0 Å². The molecular formula is C16H20N2O2S. The SMILES string of the molecule is CCCCN(c1ccccc1)c1nc(C(=O)OCC)cs1. The van der Waals surface area contributed by atoms with Crippen molar-refractivity contribution >= 4 is 28.1 Å². The topological polar surface area (TPSA) is 42.4 Å². The van der Waals surface area contributed by atoms with Gasteiger partial charge in [-0.3, -0.25) is 0 Å². The number of hydrogen-bond acceptors (Lipinski definition) is 5. The highest BCUT2D eigenvalue weighted by atomic mass is 32.1. The van der Waals surface area contributed by atoms with Crippen LogP contribution >= 0.6 is 11.3 Å². The molecule has 1 heterocycles. The lowest BCUT2D eigenvalue weighted by molar-refractivity contribution is 0.0520. The minimum atomic E-state index is -0.358. The highest BCUT2D eigenvalue weighted by molar-refractivity contribution is 7.14. The monoisotopic (exact) mass is 304 g/mol. The van der Waals surface area contributed by atoms with E-state index in [0.717, 1.165) is 30.2 Å². The lowest BCUT2D eigenvalue weighted by Gasteiger charge is -2.21. The first-order chi connectivity index (χ1) is 10.3. The molecule has 0 bridgehead atoms. The van der Waals surface area contributed by atoms with E-state index in [4.69, 9.17) is 4.74 Å². The second kappa shape index (κ2) is 7.78. The lowest BCUT2D eigenvalue weighted by atomic mass is 10.2. The normalized spacial score (nSPS) is 10.4. The van der Waals surface area contributed by atoms with Gasteiger partial charge in [-0.05, 0) is 25.5 Å². The summed E-state index contributed by atoms with van der Waals surface area (Å²) in [5, 5.41) is 2.59. The summed E-state index contributed by atoms with van der Waals surface area (Å²) in [7, 11) is 0. The third-order valence-corrected chi connectivity index (χ3v) is 3.87. The minimum Gasteiger partial charge on any atom is -0.461 e. The van der Waals surface area contributed by atoms with Gasteiger partial charge in [-0.15, -0.1) is 11.3 Å². The number of aromatic nitrogens is 1. The van der Waals surface area contributed by atoms with Gasteiger partial charge in [-0.1, -0.05) is 31.5 Å². The van der Waals surface area contributed by atoms with Crippen molar-refractivity contribution in [2.45, 2.75) is 26.7 Å². The first kappa shape index (κ1) is 15.5. The van der Waals surface area contributed by atoms with Crippen molar-refractivity contribution in [1.82, 2.24) is 4.98 Å². The highest BCUT2D eigenvalue weighted by Gasteiger charge is 2.16. The zero-order chi connectivity index (χ0) is 15.1. The molecule has 0 saturated heterocycles. The molecule has 0 fully saturated rings. The highest BCUT2D eigenvalue weighted by Crippen LogP contribution is 2.29. The quantitative estimate of drug-likeness (QED) is 0.717. The van der Waals surface area contributed by atoms with Gasteiger partial charge >= 0.3 is 5.97 Å². The zero-order valence-corrected chi connectivity index (χ0v) is 13.2. The number of esters is 1. The molecule has 0 amide bonds. The Morgan fingerprint density at radius 1 is 1.29 bits per heavy atom. The van der Waals surface area contributed by atoms with E-state index in [9.17, 15) is 4.79 Å².